The van der Waals surface area contributed by atoms with Gasteiger partial charge in [0.05, 0.1) is 19.8 Å². The summed E-state index contributed by atoms with van der Waals surface area (Å²) in [5, 5.41) is 0. The number of carbonyl (C=O) groups is 1. The lowest BCUT2D eigenvalue weighted by atomic mass is 10.1. The van der Waals surface area contributed by atoms with Gasteiger partial charge in [-0.1, -0.05) is 0 Å². The summed E-state index contributed by atoms with van der Waals surface area (Å²) in [6.45, 7) is 3.18. The second-order valence-electron chi connectivity index (χ2n) is 4.76. The molecule has 3 fully saturated rings. The van der Waals surface area contributed by atoms with E-state index in [2.05, 4.69) is 4.90 Å². The van der Waals surface area contributed by atoms with E-state index in [1.807, 2.05) is 0 Å². The van der Waals surface area contributed by atoms with Crippen molar-refractivity contribution in [3.63, 3.8) is 0 Å². The van der Waals surface area contributed by atoms with Crippen molar-refractivity contribution in [1.29, 1.82) is 0 Å². The highest BCUT2D eigenvalue weighted by molar-refractivity contribution is 5.78. The monoisotopic (exact) mass is 211 g/mol. The van der Waals surface area contributed by atoms with Crippen molar-refractivity contribution in [3.05, 3.63) is 0 Å². The van der Waals surface area contributed by atoms with Gasteiger partial charge in [-0.05, 0) is 6.42 Å². The number of Topliss-reactive ketones (excluding diaryl/α,β-unsaturated/α-hetero) is 1. The molecule has 4 nitrogen and oxygen atoms in total. The molecule has 3 aliphatic heterocycles. The Labute approximate surface area is 89.5 Å². The average molecular weight is 211 g/mol. The van der Waals surface area contributed by atoms with Gasteiger partial charge >= 0.3 is 0 Å². The van der Waals surface area contributed by atoms with E-state index in [4.69, 9.17) is 9.47 Å². The zero-order valence-electron chi connectivity index (χ0n) is 8.91. The van der Waals surface area contributed by atoms with Gasteiger partial charge in [-0.25, -0.2) is 0 Å². The summed E-state index contributed by atoms with van der Waals surface area (Å²) in [5.41, 5.74) is 0. The van der Waals surface area contributed by atoms with Gasteiger partial charge in [-0.15, -0.1) is 0 Å². The Kier molecular flexibility index (Phi) is 2.30. The van der Waals surface area contributed by atoms with Crippen LogP contribution in [-0.2, 0) is 14.3 Å². The third kappa shape index (κ3) is 1.71. The molecule has 0 N–H and O–H groups in total. The van der Waals surface area contributed by atoms with Gasteiger partial charge in [0.1, 0.15) is 5.78 Å². The van der Waals surface area contributed by atoms with E-state index in [0.717, 1.165) is 45.6 Å². The van der Waals surface area contributed by atoms with Crippen LogP contribution in [0.4, 0.5) is 0 Å². The minimum absolute atomic E-state index is 0.328. The predicted molar refractivity (Wildman–Crippen MR) is 53.5 cm³/mol. The third-order valence-electron chi connectivity index (χ3n) is 3.75. The van der Waals surface area contributed by atoms with E-state index in [1.54, 1.807) is 0 Å². The number of ketones is 1. The third-order valence-corrected chi connectivity index (χ3v) is 3.75. The molecule has 3 rings (SSSR count). The molecule has 0 aromatic carbocycles. The van der Waals surface area contributed by atoms with Crippen molar-refractivity contribution in [1.82, 2.24) is 4.90 Å². The minimum Gasteiger partial charge on any atom is -0.346 e. The molecule has 4 heteroatoms. The maximum Gasteiger partial charge on any atom is 0.182 e. The highest BCUT2D eigenvalue weighted by Crippen LogP contribution is 2.37. The smallest absolute Gasteiger partial charge is 0.182 e. The first-order chi connectivity index (χ1) is 7.27. The van der Waals surface area contributed by atoms with E-state index >= 15 is 0 Å². The molecular weight excluding hydrogens is 194 g/mol. The first-order valence-electron chi connectivity index (χ1n) is 5.81. The Bertz CT molecular complexity index is 253. The van der Waals surface area contributed by atoms with Gasteiger partial charge < -0.3 is 9.47 Å². The molecule has 0 radical (unpaired) electrons. The van der Waals surface area contributed by atoms with Crippen LogP contribution in [0.5, 0.6) is 0 Å². The predicted octanol–water partition coefficient (Wildman–Crippen LogP) is 0.557. The molecule has 3 saturated heterocycles. The van der Waals surface area contributed by atoms with E-state index in [-0.39, 0.29) is 5.79 Å². The lowest BCUT2D eigenvalue weighted by Crippen LogP contribution is -2.35. The van der Waals surface area contributed by atoms with Crippen LogP contribution in [0, 0.1) is 0 Å². The Morgan fingerprint density at radius 3 is 2.87 bits per heavy atom. The molecule has 0 saturated carbocycles. The van der Waals surface area contributed by atoms with Crippen LogP contribution in [0.3, 0.4) is 0 Å². The summed E-state index contributed by atoms with van der Waals surface area (Å²) >= 11 is 0. The van der Waals surface area contributed by atoms with Gasteiger partial charge in [0.15, 0.2) is 5.79 Å². The second kappa shape index (κ2) is 3.54. The molecule has 3 aliphatic rings. The van der Waals surface area contributed by atoms with Crippen molar-refractivity contribution in [2.75, 3.05) is 26.3 Å². The van der Waals surface area contributed by atoms with E-state index in [0.29, 0.717) is 18.2 Å². The molecule has 15 heavy (non-hydrogen) atoms. The minimum atomic E-state index is -0.328. The largest absolute Gasteiger partial charge is 0.346 e. The van der Waals surface area contributed by atoms with Crippen molar-refractivity contribution in [3.8, 4) is 0 Å². The van der Waals surface area contributed by atoms with Crippen LogP contribution in [0.1, 0.15) is 25.7 Å². The Balaban J connectivity index is 1.72. The summed E-state index contributed by atoms with van der Waals surface area (Å²) in [6.07, 6.45) is 3.36. The van der Waals surface area contributed by atoms with Crippen molar-refractivity contribution >= 4 is 5.78 Å². The Morgan fingerprint density at radius 2 is 2.07 bits per heavy atom. The number of ether oxygens (including phenoxy) is 2. The first kappa shape index (κ1) is 9.75. The summed E-state index contributed by atoms with van der Waals surface area (Å²) < 4.78 is 11.4. The maximum absolute atomic E-state index is 11.3. The van der Waals surface area contributed by atoms with Crippen LogP contribution in [-0.4, -0.2) is 48.8 Å². The molecule has 0 aliphatic carbocycles. The molecule has 3 heterocycles. The van der Waals surface area contributed by atoms with Gasteiger partial charge in [0.2, 0.25) is 0 Å². The fraction of sp³-hybridized carbons (Fsp3) is 0.909. The molecule has 84 valence electrons. The SMILES string of the molecule is O=C1CCC2CC3(CN2CC1)OCCO3. The van der Waals surface area contributed by atoms with Gasteiger partial charge in [0.25, 0.3) is 0 Å². The average Bonchev–Trinajstić information content (AvgIpc) is 2.77. The van der Waals surface area contributed by atoms with Crippen LogP contribution in [0.2, 0.25) is 0 Å². The lowest BCUT2D eigenvalue weighted by molar-refractivity contribution is -0.146. The van der Waals surface area contributed by atoms with Crippen molar-refractivity contribution < 1.29 is 14.3 Å². The zero-order valence-corrected chi connectivity index (χ0v) is 8.91. The molecule has 1 unspecified atom stereocenters. The molecule has 0 aromatic rings. The fourth-order valence-electron chi connectivity index (χ4n) is 2.96. The Morgan fingerprint density at radius 1 is 1.27 bits per heavy atom. The lowest BCUT2D eigenvalue weighted by Gasteiger charge is -2.22. The van der Waals surface area contributed by atoms with Crippen LogP contribution >= 0.6 is 0 Å². The second-order valence-corrected chi connectivity index (χ2v) is 4.76. The summed E-state index contributed by atoms with van der Waals surface area (Å²) in [4.78, 5) is 13.7. The number of nitrogens with zero attached hydrogens (tertiary/aromatic N) is 1. The summed E-state index contributed by atoms with van der Waals surface area (Å²) in [5.74, 6) is 0.0807. The quantitative estimate of drug-likeness (QED) is 0.587. The van der Waals surface area contributed by atoms with Crippen LogP contribution in [0.25, 0.3) is 0 Å². The number of hydrogen-bond donors (Lipinski definition) is 0. The highest BCUT2D eigenvalue weighted by atomic mass is 16.7. The van der Waals surface area contributed by atoms with Gasteiger partial charge in [-0.2, -0.15) is 0 Å². The molecule has 0 amide bonds. The summed E-state index contributed by atoms with van der Waals surface area (Å²) in [7, 11) is 0. The maximum atomic E-state index is 11.3. The van der Waals surface area contributed by atoms with Gasteiger partial charge in [-0.3, -0.25) is 9.69 Å². The molecular formula is C11H17NO3. The zero-order chi connectivity index (χ0) is 10.3. The fourth-order valence-corrected chi connectivity index (χ4v) is 2.96. The number of rotatable bonds is 0. The number of hydrogen-bond acceptors (Lipinski definition) is 4. The molecule has 1 atom stereocenters. The first-order valence-corrected chi connectivity index (χ1v) is 5.81. The molecule has 0 bridgehead atoms. The normalized spacial score (nSPS) is 35.7. The van der Waals surface area contributed by atoms with E-state index in [9.17, 15) is 4.79 Å². The summed E-state index contributed by atoms with van der Waals surface area (Å²) in [6, 6.07) is 0.495. The van der Waals surface area contributed by atoms with Crippen molar-refractivity contribution in [2.24, 2.45) is 0 Å². The molecule has 0 aromatic heterocycles. The van der Waals surface area contributed by atoms with Gasteiger partial charge in [0, 0.05) is 31.8 Å². The van der Waals surface area contributed by atoms with Crippen molar-refractivity contribution in [2.45, 2.75) is 37.5 Å². The highest BCUT2D eigenvalue weighted by Gasteiger charge is 2.48. The van der Waals surface area contributed by atoms with E-state index < -0.39 is 0 Å². The standard InChI is InChI=1S/C11H17NO3/c13-10-2-1-9-7-11(14-5-6-15-11)8-12(9)4-3-10/h9H,1-8H2. The number of carbonyl (C=O) groups excluding carboxylic acids is 1. The molecule has 1 spiro atoms. The van der Waals surface area contributed by atoms with Crippen LogP contribution < -0.4 is 0 Å². The Hall–Kier alpha value is -0.450. The van der Waals surface area contributed by atoms with Crippen LogP contribution in [0.15, 0.2) is 0 Å². The van der Waals surface area contributed by atoms with E-state index in [1.165, 1.54) is 0 Å². The number of fused-ring (bicyclic) bond motifs is 1. The topological polar surface area (TPSA) is 38.8 Å².